The standard InChI is InChI=1S/C21H22N2O3S2/c1-4-14-9-10-17-18(11-14)28-21(23(17)13-19(24)26-5-2)22-20(25)15-7-6-8-16(12-15)27-3/h6-12H,4-5,13H2,1-3H3. The number of carbonyl (C=O) groups excluding carboxylic acids is 2. The van der Waals surface area contributed by atoms with Gasteiger partial charge in [0.15, 0.2) is 4.80 Å². The van der Waals surface area contributed by atoms with E-state index < -0.39 is 0 Å². The monoisotopic (exact) mass is 414 g/mol. The average molecular weight is 415 g/mol. The number of carbonyl (C=O) groups is 2. The molecule has 5 nitrogen and oxygen atoms in total. The number of thiazole rings is 1. The van der Waals surface area contributed by atoms with Gasteiger partial charge in [0.2, 0.25) is 0 Å². The average Bonchev–Trinajstić information content (AvgIpc) is 3.04. The maximum Gasteiger partial charge on any atom is 0.326 e. The van der Waals surface area contributed by atoms with Crippen molar-refractivity contribution in [3.63, 3.8) is 0 Å². The van der Waals surface area contributed by atoms with Gasteiger partial charge in [-0.05, 0) is 55.5 Å². The number of hydrogen-bond acceptors (Lipinski definition) is 5. The highest BCUT2D eigenvalue weighted by Gasteiger charge is 2.13. The number of aromatic nitrogens is 1. The summed E-state index contributed by atoms with van der Waals surface area (Å²) in [6.07, 6.45) is 2.88. The Morgan fingerprint density at radius 3 is 2.71 bits per heavy atom. The van der Waals surface area contributed by atoms with Crippen LogP contribution < -0.4 is 4.80 Å². The van der Waals surface area contributed by atoms with E-state index in [-0.39, 0.29) is 18.4 Å². The van der Waals surface area contributed by atoms with Crippen LogP contribution in [0.5, 0.6) is 0 Å². The molecule has 146 valence electrons. The fourth-order valence-electron chi connectivity index (χ4n) is 2.82. The Hall–Kier alpha value is -2.38. The lowest BCUT2D eigenvalue weighted by atomic mass is 10.2. The van der Waals surface area contributed by atoms with Crippen LogP contribution >= 0.6 is 23.1 Å². The molecule has 0 aliphatic heterocycles. The highest BCUT2D eigenvalue weighted by Crippen LogP contribution is 2.20. The van der Waals surface area contributed by atoms with E-state index in [4.69, 9.17) is 4.74 Å². The number of ether oxygens (including phenoxy) is 1. The zero-order chi connectivity index (χ0) is 20.1. The highest BCUT2D eigenvalue weighted by molar-refractivity contribution is 7.98. The molecule has 0 aliphatic rings. The van der Waals surface area contributed by atoms with Crippen molar-refractivity contribution in [2.75, 3.05) is 12.9 Å². The lowest BCUT2D eigenvalue weighted by Gasteiger charge is -2.05. The van der Waals surface area contributed by atoms with E-state index >= 15 is 0 Å². The summed E-state index contributed by atoms with van der Waals surface area (Å²) in [7, 11) is 0. The van der Waals surface area contributed by atoms with Crippen molar-refractivity contribution in [2.45, 2.75) is 31.7 Å². The molecule has 0 aliphatic carbocycles. The summed E-state index contributed by atoms with van der Waals surface area (Å²) in [5, 5.41) is 0. The van der Waals surface area contributed by atoms with Gasteiger partial charge in [0.25, 0.3) is 5.91 Å². The number of benzene rings is 2. The Kier molecular flexibility index (Phi) is 6.70. The Morgan fingerprint density at radius 2 is 2.00 bits per heavy atom. The zero-order valence-electron chi connectivity index (χ0n) is 16.1. The van der Waals surface area contributed by atoms with Crippen LogP contribution in [-0.2, 0) is 22.5 Å². The van der Waals surface area contributed by atoms with Gasteiger partial charge in [0.1, 0.15) is 6.54 Å². The molecule has 0 fully saturated rings. The summed E-state index contributed by atoms with van der Waals surface area (Å²) in [6, 6.07) is 13.5. The van der Waals surface area contributed by atoms with Gasteiger partial charge < -0.3 is 9.30 Å². The quantitative estimate of drug-likeness (QED) is 0.446. The highest BCUT2D eigenvalue weighted by atomic mass is 32.2. The number of amides is 1. The summed E-state index contributed by atoms with van der Waals surface area (Å²) < 4.78 is 7.85. The largest absolute Gasteiger partial charge is 0.465 e. The molecule has 0 radical (unpaired) electrons. The number of fused-ring (bicyclic) bond motifs is 1. The summed E-state index contributed by atoms with van der Waals surface area (Å²) in [5.74, 6) is -0.671. The first-order chi connectivity index (χ1) is 13.5. The molecule has 0 atom stereocenters. The van der Waals surface area contributed by atoms with Crippen LogP contribution in [0.25, 0.3) is 10.2 Å². The molecule has 0 bridgehead atoms. The smallest absolute Gasteiger partial charge is 0.326 e. The number of nitrogens with zero attached hydrogens (tertiary/aromatic N) is 2. The van der Waals surface area contributed by atoms with Crippen LogP contribution in [-0.4, -0.2) is 29.3 Å². The van der Waals surface area contributed by atoms with Gasteiger partial charge in [-0.2, -0.15) is 4.99 Å². The number of esters is 1. The first kappa shape index (κ1) is 20.4. The molecule has 3 aromatic rings. The van der Waals surface area contributed by atoms with Crippen LogP contribution in [0.1, 0.15) is 29.8 Å². The van der Waals surface area contributed by atoms with Crippen LogP contribution in [0, 0.1) is 0 Å². The minimum Gasteiger partial charge on any atom is -0.465 e. The molecule has 2 aromatic carbocycles. The van der Waals surface area contributed by atoms with E-state index in [1.807, 2.05) is 36.6 Å². The molecule has 3 rings (SSSR count). The lowest BCUT2D eigenvalue weighted by Crippen LogP contribution is -2.23. The predicted octanol–water partition coefficient (Wildman–Crippen LogP) is 4.29. The summed E-state index contributed by atoms with van der Waals surface area (Å²) in [5.41, 5.74) is 2.60. The van der Waals surface area contributed by atoms with Gasteiger partial charge in [-0.15, -0.1) is 11.8 Å². The maximum atomic E-state index is 12.7. The Labute approximate surface area is 172 Å². The molecular formula is C21H22N2O3S2. The molecule has 0 N–H and O–H groups in total. The van der Waals surface area contributed by atoms with Crippen molar-refractivity contribution in [3.8, 4) is 0 Å². The second kappa shape index (κ2) is 9.21. The second-order valence-corrected chi connectivity index (χ2v) is 7.97. The molecule has 0 spiro atoms. The molecule has 7 heteroatoms. The number of hydrogen-bond donors (Lipinski definition) is 0. The third-order valence-electron chi connectivity index (χ3n) is 4.26. The van der Waals surface area contributed by atoms with Crippen molar-refractivity contribution >= 4 is 45.2 Å². The molecule has 28 heavy (non-hydrogen) atoms. The summed E-state index contributed by atoms with van der Waals surface area (Å²) in [6.45, 7) is 4.20. The normalized spacial score (nSPS) is 11.8. The van der Waals surface area contributed by atoms with Crippen LogP contribution in [0.4, 0.5) is 0 Å². The second-order valence-electron chi connectivity index (χ2n) is 6.08. The third kappa shape index (κ3) is 4.54. The lowest BCUT2D eigenvalue weighted by molar-refractivity contribution is -0.143. The van der Waals surface area contributed by atoms with E-state index in [0.29, 0.717) is 17.0 Å². The Bertz CT molecular complexity index is 1080. The topological polar surface area (TPSA) is 60.7 Å². The van der Waals surface area contributed by atoms with Gasteiger partial charge in [-0.3, -0.25) is 9.59 Å². The van der Waals surface area contributed by atoms with Crippen LogP contribution in [0.3, 0.4) is 0 Å². The van der Waals surface area contributed by atoms with Crippen molar-refractivity contribution in [2.24, 2.45) is 4.99 Å². The SMILES string of the molecule is CCOC(=O)Cn1c(=NC(=O)c2cccc(SC)c2)sc2cc(CC)ccc21. The number of aryl methyl sites for hydroxylation is 1. The minimum atomic E-state index is -0.347. The minimum absolute atomic E-state index is 0.0241. The van der Waals surface area contributed by atoms with E-state index in [9.17, 15) is 9.59 Å². The zero-order valence-corrected chi connectivity index (χ0v) is 17.7. The van der Waals surface area contributed by atoms with Crippen LogP contribution in [0.15, 0.2) is 52.4 Å². The Balaban J connectivity index is 2.10. The van der Waals surface area contributed by atoms with Crippen LogP contribution in [0.2, 0.25) is 0 Å². The van der Waals surface area contributed by atoms with Gasteiger partial charge in [0, 0.05) is 10.5 Å². The summed E-state index contributed by atoms with van der Waals surface area (Å²) in [4.78, 5) is 30.7. The predicted molar refractivity (Wildman–Crippen MR) is 114 cm³/mol. The molecule has 0 saturated carbocycles. The van der Waals surface area contributed by atoms with Gasteiger partial charge in [-0.1, -0.05) is 30.4 Å². The molecular weight excluding hydrogens is 392 g/mol. The van der Waals surface area contributed by atoms with E-state index in [2.05, 4.69) is 18.0 Å². The van der Waals surface area contributed by atoms with Gasteiger partial charge >= 0.3 is 5.97 Å². The molecule has 1 aromatic heterocycles. The maximum absolute atomic E-state index is 12.7. The molecule has 1 amide bonds. The first-order valence-corrected chi connectivity index (χ1v) is 11.1. The van der Waals surface area contributed by atoms with Crippen molar-refractivity contribution < 1.29 is 14.3 Å². The fourth-order valence-corrected chi connectivity index (χ4v) is 4.37. The third-order valence-corrected chi connectivity index (χ3v) is 6.03. The van der Waals surface area contributed by atoms with Crippen molar-refractivity contribution in [3.05, 3.63) is 58.4 Å². The van der Waals surface area contributed by atoms with Gasteiger partial charge in [-0.25, -0.2) is 0 Å². The van der Waals surface area contributed by atoms with Crippen molar-refractivity contribution in [1.29, 1.82) is 0 Å². The van der Waals surface area contributed by atoms with E-state index in [1.165, 1.54) is 16.9 Å². The van der Waals surface area contributed by atoms with Crippen molar-refractivity contribution in [1.82, 2.24) is 4.57 Å². The van der Waals surface area contributed by atoms with E-state index in [0.717, 1.165) is 21.5 Å². The fraction of sp³-hybridized carbons (Fsp3) is 0.286. The Morgan fingerprint density at radius 1 is 1.18 bits per heavy atom. The number of thioether (sulfide) groups is 1. The van der Waals surface area contributed by atoms with E-state index in [1.54, 1.807) is 29.3 Å². The molecule has 1 heterocycles. The molecule has 0 saturated heterocycles. The number of rotatable bonds is 6. The molecule has 0 unspecified atom stereocenters. The van der Waals surface area contributed by atoms with Gasteiger partial charge in [0.05, 0.1) is 16.8 Å². The first-order valence-electron chi connectivity index (χ1n) is 9.06. The summed E-state index contributed by atoms with van der Waals surface area (Å²) >= 11 is 2.98.